The monoisotopic (exact) mass is 276 g/mol. The Labute approximate surface area is 106 Å². The molecule has 1 heterocycles. The van der Waals surface area contributed by atoms with E-state index < -0.39 is 25.0 Å². The highest BCUT2D eigenvalue weighted by molar-refractivity contribution is 6.28. The summed E-state index contributed by atoms with van der Waals surface area (Å²) in [6.07, 6.45) is 0. The summed E-state index contributed by atoms with van der Waals surface area (Å²) in [7, 11) is 1.29. The number of hydrogen-bond donors (Lipinski definition) is 2. The Hall–Kier alpha value is -2.16. The van der Waals surface area contributed by atoms with Crippen LogP contribution < -0.4 is 9.64 Å². The molecule has 0 unspecified atom stereocenters. The predicted molar refractivity (Wildman–Crippen MR) is 58.9 cm³/mol. The van der Waals surface area contributed by atoms with E-state index in [9.17, 15) is 9.59 Å². The van der Waals surface area contributed by atoms with E-state index in [2.05, 4.69) is 15.0 Å². The van der Waals surface area contributed by atoms with Gasteiger partial charge in [0, 0.05) is 0 Å². The lowest BCUT2D eigenvalue weighted by atomic mass is 10.5. The molecule has 0 aromatic carbocycles. The van der Waals surface area contributed by atoms with E-state index in [0.717, 1.165) is 4.90 Å². The van der Waals surface area contributed by atoms with Gasteiger partial charge in [-0.25, -0.2) is 0 Å². The van der Waals surface area contributed by atoms with Crippen LogP contribution in [0.5, 0.6) is 6.01 Å². The summed E-state index contributed by atoms with van der Waals surface area (Å²) >= 11 is 5.58. The third-order valence-electron chi connectivity index (χ3n) is 1.69. The summed E-state index contributed by atoms with van der Waals surface area (Å²) in [6, 6.07) is -0.134. The molecule has 9 nitrogen and oxygen atoms in total. The van der Waals surface area contributed by atoms with Crippen molar-refractivity contribution >= 4 is 29.5 Å². The van der Waals surface area contributed by atoms with Crippen LogP contribution in [-0.4, -0.2) is 57.3 Å². The molecule has 98 valence electrons. The van der Waals surface area contributed by atoms with E-state index in [1.807, 2.05) is 0 Å². The fraction of sp³-hybridized carbons (Fsp3) is 0.375. The lowest BCUT2D eigenvalue weighted by molar-refractivity contribution is -0.136. The van der Waals surface area contributed by atoms with Gasteiger partial charge in [-0.1, -0.05) is 0 Å². The number of anilines is 1. The highest BCUT2D eigenvalue weighted by Gasteiger charge is 2.18. The molecule has 0 bridgehead atoms. The molecule has 1 aromatic rings. The third kappa shape index (κ3) is 4.01. The SMILES string of the molecule is COc1nc(Cl)nc(N(CC(=O)O)CC(=O)O)n1. The molecule has 1 rings (SSSR count). The number of carboxylic acids is 2. The molecule has 0 aliphatic carbocycles. The summed E-state index contributed by atoms with van der Waals surface area (Å²) in [5.74, 6) is -2.64. The van der Waals surface area contributed by atoms with E-state index in [1.54, 1.807) is 0 Å². The van der Waals surface area contributed by atoms with E-state index >= 15 is 0 Å². The van der Waals surface area contributed by atoms with Gasteiger partial charge in [0.1, 0.15) is 13.1 Å². The van der Waals surface area contributed by atoms with Gasteiger partial charge in [-0.3, -0.25) is 9.59 Å². The molecule has 0 saturated carbocycles. The standard InChI is InChI=1S/C8H9ClN4O5/c1-18-8-11-6(9)10-7(12-8)13(2-4(14)15)3-5(16)17/h2-3H2,1H3,(H,14,15)(H,16,17). The van der Waals surface area contributed by atoms with Gasteiger partial charge in [-0.05, 0) is 11.6 Å². The highest BCUT2D eigenvalue weighted by Crippen LogP contribution is 2.14. The Kier molecular flexibility index (Phi) is 4.60. The van der Waals surface area contributed by atoms with Crippen molar-refractivity contribution in [3.63, 3.8) is 0 Å². The van der Waals surface area contributed by atoms with Crippen molar-refractivity contribution in [1.82, 2.24) is 15.0 Å². The van der Waals surface area contributed by atoms with Crippen molar-refractivity contribution in [2.24, 2.45) is 0 Å². The van der Waals surface area contributed by atoms with Crippen LogP contribution >= 0.6 is 11.6 Å². The molecular formula is C8H9ClN4O5. The second kappa shape index (κ2) is 5.96. The van der Waals surface area contributed by atoms with Crippen molar-refractivity contribution in [3.05, 3.63) is 5.28 Å². The molecular weight excluding hydrogens is 268 g/mol. The lowest BCUT2D eigenvalue weighted by Crippen LogP contribution is -2.35. The minimum absolute atomic E-state index is 0.134. The highest BCUT2D eigenvalue weighted by atomic mass is 35.5. The summed E-state index contributed by atoms with van der Waals surface area (Å²) in [5, 5.41) is 17.1. The molecule has 0 aliphatic rings. The number of aliphatic carboxylic acids is 2. The number of nitrogens with zero attached hydrogens (tertiary/aromatic N) is 4. The van der Waals surface area contributed by atoms with Crippen LogP contribution in [0.15, 0.2) is 0 Å². The maximum Gasteiger partial charge on any atom is 0.323 e. The zero-order valence-electron chi connectivity index (χ0n) is 9.20. The van der Waals surface area contributed by atoms with Gasteiger partial charge in [0.05, 0.1) is 7.11 Å². The van der Waals surface area contributed by atoms with Crippen LogP contribution in [0.4, 0.5) is 5.95 Å². The van der Waals surface area contributed by atoms with E-state index in [-0.39, 0.29) is 17.2 Å². The number of hydrogen-bond acceptors (Lipinski definition) is 7. The van der Waals surface area contributed by atoms with Crippen molar-refractivity contribution in [3.8, 4) is 6.01 Å². The first kappa shape index (κ1) is 13.9. The van der Waals surface area contributed by atoms with Gasteiger partial charge >= 0.3 is 17.9 Å². The Balaban J connectivity index is 3.06. The molecule has 1 aromatic heterocycles. The van der Waals surface area contributed by atoms with E-state index in [1.165, 1.54) is 7.11 Å². The quantitative estimate of drug-likeness (QED) is 0.707. The number of ether oxygens (including phenoxy) is 1. The Morgan fingerprint density at radius 2 is 1.78 bits per heavy atom. The van der Waals surface area contributed by atoms with Crippen LogP contribution in [0.2, 0.25) is 5.28 Å². The number of halogens is 1. The van der Waals surface area contributed by atoms with Gasteiger partial charge in [0.25, 0.3) is 0 Å². The number of rotatable bonds is 6. The summed E-state index contributed by atoms with van der Waals surface area (Å²) < 4.78 is 4.73. The van der Waals surface area contributed by atoms with Crippen molar-refractivity contribution in [2.75, 3.05) is 25.1 Å². The maximum atomic E-state index is 10.6. The van der Waals surface area contributed by atoms with Crippen LogP contribution in [0.25, 0.3) is 0 Å². The molecule has 0 saturated heterocycles. The minimum atomic E-state index is -1.23. The number of carboxylic acid groups (broad SMARTS) is 2. The molecule has 0 aliphatic heterocycles. The molecule has 0 amide bonds. The van der Waals surface area contributed by atoms with E-state index in [0.29, 0.717) is 0 Å². The third-order valence-corrected chi connectivity index (χ3v) is 1.86. The first-order chi connectivity index (χ1) is 8.42. The van der Waals surface area contributed by atoms with Crippen molar-refractivity contribution in [2.45, 2.75) is 0 Å². The average molecular weight is 277 g/mol. The second-order valence-electron chi connectivity index (χ2n) is 3.03. The van der Waals surface area contributed by atoms with Crippen LogP contribution in [-0.2, 0) is 9.59 Å². The maximum absolute atomic E-state index is 10.6. The summed E-state index contributed by atoms with van der Waals surface area (Å²) in [6.45, 7) is -1.18. The smallest absolute Gasteiger partial charge is 0.323 e. The Morgan fingerprint density at radius 3 is 2.22 bits per heavy atom. The van der Waals surface area contributed by atoms with Gasteiger partial charge in [-0.15, -0.1) is 0 Å². The summed E-state index contributed by atoms with van der Waals surface area (Å²) in [4.78, 5) is 33.2. The molecule has 0 fully saturated rings. The van der Waals surface area contributed by atoms with Crippen molar-refractivity contribution < 1.29 is 24.5 Å². The number of methoxy groups -OCH3 is 1. The van der Waals surface area contributed by atoms with Gasteiger partial charge in [-0.2, -0.15) is 15.0 Å². The van der Waals surface area contributed by atoms with Crippen LogP contribution in [0, 0.1) is 0 Å². The van der Waals surface area contributed by atoms with Gasteiger partial charge in [0.15, 0.2) is 0 Å². The van der Waals surface area contributed by atoms with Crippen LogP contribution in [0.3, 0.4) is 0 Å². The average Bonchev–Trinajstić information content (AvgIpc) is 2.26. The van der Waals surface area contributed by atoms with Crippen molar-refractivity contribution in [1.29, 1.82) is 0 Å². The second-order valence-corrected chi connectivity index (χ2v) is 3.37. The predicted octanol–water partition coefficient (Wildman–Crippen LogP) is -0.491. The van der Waals surface area contributed by atoms with Gasteiger partial charge < -0.3 is 19.8 Å². The van der Waals surface area contributed by atoms with E-state index in [4.69, 9.17) is 26.6 Å². The number of aromatic nitrogens is 3. The zero-order chi connectivity index (χ0) is 13.7. The fourth-order valence-corrected chi connectivity index (χ4v) is 1.23. The molecule has 10 heteroatoms. The first-order valence-electron chi connectivity index (χ1n) is 4.56. The fourth-order valence-electron chi connectivity index (χ4n) is 1.08. The minimum Gasteiger partial charge on any atom is -0.480 e. The topological polar surface area (TPSA) is 126 Å². The summed E-state index contributed by atoms with van der Waals surface area (Å²) in [5.41, 5.74) is 0. The zero-order valence-corrected chi connectivity index (χ0v) is 9.96. The molecule has 18 heavy (non-hydrogen) atoms. The van der Waals surface area contributed by atoms with Gasteiger partial charge in [0.2, 0.25) is 11.2 Å². The van der Waals surface area contributed by atoms with Crippen LogP contribution in [0.1, 0.15) is 0 Å². The molecule has 0 atom stereocenters. The normalized spacial score (nSPS) is 9.89. The molecule has 0 radical (unpaired) electrons. The first-order valence-corrected chi connectivity index (χ1v) is 4.94. The Morgan fingerprint density at radius 1 is 1.22 bits per heavy atom. The number of carbonyl (C=O) groups is 2. The molecule has 2 N–H and O–H groups in total. The Bertz CT molecular complexity index is 453. The molecule has 0 spiro atoms. The lowest BCUT2D eigenvalue weighted by Gasteiger charge is -2.18. The largest absolute Gasteiger partial charge is 0.480 e.